The third-order valence-corrected chi connectivity index (χ3v) is 5.71. The molecule has 30 heavy (non-hydrogen) atoms. The van der Waals surface area contributed by atoms with Gasteiger partial charge in [0.25, 0.3) is 11.8 Å². The van der Waals surface area contributed by atoms with Crippen molar-refractivity contribution in [3.05, 3.63) is 48.0 Å². The van der Waals surface area contributed by atoms with Gasteiger partial charge in [0.2, 0.25) is 0 Å². The molecule has 1 aliphatic rings. The summed E-state index contributed by atoms with van der Waals surface area (Å²) in [5.74, 6) is 1.61. The molecule has 1 aliphatic heterocycles. The monoisotopic (exact) mass is 428 g/mol. The Morgan fingerprint density at radius 2 is 1.83 bits per heavy atom. The van der Waals surface area contributed by atoms with E-state index in [-0.39, 0.29) is 17.6 Å². The number of rotatable bonds is 4. The molecule has 0 unspecified atom stereocenters. The predicted octanol–water partition coefficient (Wildman–Crippen LogP) is 3.30. The molecular formula is C20H20N4O5S. The quantitative estimate of drug-likeness (QED) is 0.587. The second kappa shape index (κ2) is 8.15. The van der Waals surface area contributed by atoms with E-state index in [1.54, 1.807) is 36.2 Å². The molecule has 156 valence electrons. The number of carbonyl (C=O) groups excluding carboxylic acids is 2. The van der Waals surface area contributed by atoms with Crippen molar-refractivity contribution >= 4 is 52.0 Å². The summed E-state index contributed by atoms with van der Waals surface area (Å²) in [6.07, 6.45) is 0.311. The van der Waals surface area contributed by atoms with Crippen LogP contribution >= 0.6 is 11.8 Å². The highest BCUT2D eigenvalue weighted by Gasteiger charge is 2.22. The minimum atomic E-state index is -1.20. The molecule has 1 fully saturated rings. The van der Waals surface area contributed by atoms with Gasteiger partial charge in [-0.05, 0) is 30.3 Å². The molecule has 3 N–H and O–H groups in total. The lowest BCUT2D eigenvalue weighted by Gasteiger charge is -2.25. The fourth-order valence-corrected chi connectivity index (χ4v) is 4.23. The SMILES string of the molecule is Cn1cc(NC(=O)O)cc1C(=O)Nc1ccc2oc(C(=O)N3CCSCC3)cc2c1. The molecule has 3 heterocycles. The zero-order valence-corrected chi connectivity index (χ0v) is 17.0. The number of thioether (sulfide) groups is 1. The number of aryl methyl sites for hydroxylation is 1. The van der Waals surface area contributed by atoms with E-state index in [2.05, 4.69) is 10.6 Å². The minimum absolute atomic E-state index is 0.126. The summed E-state index contributed by atoms with van der Waals surface area (Å²) in [6.45, 7) is 1.41. The number of carbonyl (C=O) groups is 3. The molecule has 9 nitrogen and oxygen atoms in total. The first-order valence-electron chi connectivity index (χ1n) is 9.29. The molecule has 3 aromatic rings. The number of nitrogens with zero attached hydrogens (tertiary/aromatic N) is 2. The van der Waals surface area contributed by atoms with Crippen molar-refractivity contribution in [1.29, 1.82) is 0 Å². The third-order valence-electron chi connectivity index (χ3n) is 4.77. The van der Waals surface area contributed by atoms with Crippen molar-refractivity contribution in [3.8, 4) is 0 Å². The van der Waals surface area contributed by atoms with Gasteiger partial charge < -0.3 is 24.3 Å². The van der Waals surface area contributed by atoms with Crippen molar-refractivity contribution in [3.63, 3.8) is 0 Å². The first kappa shape index (κ1) is 19.9. The standard InChI is InChI=1S/C20H20N4O5S/c1-23-11-14(22-20(27)28)10-15(23)18(25)21-13-2-3-16-12(8-13)9-17(29-16)19(26)24-4-6-30-7-5-24/h2-3,8-11,22H,4-7H2,1H3,(H,21,25)(H,27,28). The molecule has 2 aromatic heterocycles. The number of carboxylic acid groups (broad SMARTS) is 1. The van der Waals surface area contributed by atoms with Crippen LogP contribution in [0, 0.1) is 0 Å². The Kier molecular flexibility index (Phi) is 5.40. The van der Waals surface area contributed by atoms with E-state index in [1.165, 1.54) is 16.8 Å². The molecule has 10 heteroatoms. The molecule has 0 saturated carbocycles. The Labute approximate surface area is 176 Å². The lowest BCUT2D eigenvalue weighted by Crippen LogP contribution is -2.37. The van der Waals surface area contributed by atoms with Crippen molar-refractivity contribution in [1.82, 2.24) is 9.47 Å². The molecule has 1 aromatic carbocycles. The third kappa shape index (κ3) is 4.13. The lowest BCUT2D eigenvalue weighted by molar-refractivity contribution is 0.0742. The summed E-state index contributed by atoms with van der Waals surface area (Å²) in [5, 5.41) is 14.5. The average molecular weight is 428 g/mol. The van der Waals surface area contributed by atoms with Gasteiger partial charge in [0.05, 0.1) is 5.69 Å². The van der Waals surface area contributed by atoms with Crippen LogP contribution in [0.4, 0.5) is 16.2 Å². The number of benzene rings is 1. The van der Waals surface area contributed by atoms with E-state index in [4.69, 9.17) is 9.52 Å². The number of hydrogen-bond donors (Lipinski definition) is 3. The Balaban J connectivity index is 1.51. The average Bonchev–Trinajstić information content (AvgIpc) is 3.30. The summed E-state index contributed by atoms with van der Waals surface area (Å²) in [4.78, 5) is 37.8. The summed E-state index contributed by atoms with van der Waals surface area (Å²) in [7, 11) is 1.65. The maximum Gasteiger partial charge on any atom is 0.409 e. The van der Waals surface area contributed by atoms with Gasteiger partial charge >= 0.3 is 6.09 Å². The van der Waals surface area contributed by atoms with Gasteiger partial charge in [-0.3, -0.25) is 14.9 Å². The van der Waals surface area contributed by atoms with E-state index in [1.807, 2.05) is 11.8 Å². The Morgan fingerprint density at radius 3 is 2.57 bits per heavy atom. The van der Waals surface area contributed by atoms with Gasteiger partial charge in [0.1, 0.15) is 11.3 Å². The lowest BCUT2D eigenvalue weighted by atomic mass is 10.2. The van der Waals surface area contributed by atoms with E-state index in [0.29, 0.717) is 41.1 Å². The number of hydrogen-bond acceptors (Lipinski definition) is 5. The summed E-state index contributed by atoms with van der Waals surface area (Å²) in [5.41, 5.74) is 1.70. The first-order chi connectivity index (χ1) is 14.4. The van der Waals surface area contributed by atoms with Gasteiger partial charge in [0.15, 0.2) is 5.76 Å². The van der Waals surface area contributed by atoms with Crippen LogP contribution < -0.4 is 10.6 Å². The van der Waals surface area contributed by atoms with Crippen molar-refractivity contribution in [2.75, 3.05) is 35.2 Å². The van der Waals surface area contributed by atoms with Crippen molar-refractivity contribution in [2.45, 2.75) is 0 Å². The fraction of sp³-hybridized carbons (Fsp3) is 0.250. The van der Waals surface area contributed by atoms with Crippen LogP contribution in [0.1, 0.15) is 21.0 Å². The fourth-order valence-electron chi connectivity index (χ4n) is 3.33. The molecule has 0 bridgehead atoms. The highest BCUT2D eigenvalue weighted by atomic mass is 32.2. The molecule has 0 radical (unpaired) electrons. The van der Waals surface area contributed by atoms with Gasteiger partial charge in [-0.25, -0.2) is 4.79 Å². The predicted molar refractivity (Wildman–Crippen MR) is 114 cm³/mol. The minimum Gasteiger partial charge on any atom is -0.465 e. The normalized spacial score (nSPS) is 14.0. The topological polar surface area (TPSA) is 117 Å². The van der Waals surface area contributed by atoms with Crippen LogP contribution in [-0.2, 0) is 7.05 Å². The summed E-state index contributed by atoms with van der Waals surface area (Å²) >= 11 is 1.83. The van der Waals surface area contributed by atoms with Crippen molar-refractivity contribution < 1.29 is 23.9 Å². The van der Waals surface area contributed by atoms with Crippen molar-refractivity contribution in [2.24, 2.45) is 7.05 Å². The summed E-state index contributed by atoms with van der Waals surface area (Å²) < 4.78 is 7.24. The van der Waals surface area contributed by atoms with Gasteiger partial charge in [-0.2, -0.15) is 11.8 Å². The molecule has 0 spiro atoms. The van der Waals surface area contributed by atoms with E-state index in [9.17, 15) is 14.4 Å². The summed E-state index contributed by atoms with van der Waals surface area (Å²) in [6, 6.07) is 8.27. The van der Waals surface area contributed by atoms with Crippen LogP contribution in [0.5, 0.6) is 0 Å². The van der Waals surface area contributed by atoms with Gasteiger partial charge in [0, 0.05) is 48.9 Å². The molecule has 0 atom stereocenters. The number of fused-ring (bicyclic) bond motifs is 1. The maximum absolute atomic E-state index is 12.6. The first-order valence-corrected chi connectivity index (χ1v) is 10.4. The van der Waals surface area contributed by atoms with Gasteiger partial charge in [-0.1, -0.05) is 0 Å². The van der Waals surface area contributed by atoms with Crippen LogP contribution in [0.15, 0.2) is 40.9 Å². The Morgan fingerprint density at radius 1 is 1.07 bits per heavy atom. The highest BCUT2D eigenvalue weighted by molar-refractivity contribution is 7.99. The van der Waals surface area contributed by atoms with Crippen LogP contribution in [0.25, 0.3) is 11.0 Å². The van der Waals surface area contributed by atoms with E-state index < -0.39 is 6.09 Å². The Hall–Kier alpha value is -3.40. The second-order valence-corrected chi connectivity index (χ2v) is 8.10. The molecule has 0 aliphatic carbocycles. The van der Waals surface area contributed by atoms with Crippen LogP contribution in [0.3, 0.4) is 0 Å². The second-order valence-electron chi connectivity index (χ2n) is 6.88. The maximum atomic E-state index is 12.6. The van der Waals surface area contributed by atoms with E-state index in [0.717, 1.165) is 11.5 Å². The largest absolute Gasteiger partial charge is 0.465 e. The number of anilines is 2. The molecule has 3 amide bonds. The number of amides is 3. The number of nitrogens with one attached hydrogen (secondary N) is 2. The zero-order chi connectivity index (χ0) is 21.3. The number of aromatic nitrogens is 1. The van der Waals surface area contributed by atoms with E-state index >= 15 is 0 Å². The van der Waals surface area contributed by atoms with Gasteiger partial charge in [-0.15, -0.1) is 0 Å². The molecule has 1 saturated heterocycles. The molecule has 4 rings (SSSR count). The van der Waals surface area contributed by atoms with Crippen LogP contribution in [-0.4, -0.2) is 57.1 Å². The Bertz CT molecular complexity index is 1130. The highest BCUT2D eigenvalue weighted by Crippen LogP contribution is 2.25. The number of furan rings is 1. The van der Waals surface area contributed by atoms with Crippen LogP contribution in [0.2, 0.25) is 0 Å². The molecular weight excluding hydrogens is 408 g/mol. The zero-order valence-electron chi connectivity index (χ0n) is 16.2. The smallest absolute Gasteiger partial charge is 0.409 e.